The molecule has 1 aromatic heterocycles. The summed E-state index contributed by atoms with van der Waals surface area (Å²) in [4.78, 5) is 13.6. The van der Waals surface area contributed by atoms with Crippen LogP contribution in [0, 0.1) is 10.2 Å². The lowest BCUT2D eigenvalue weighted by atomic mass is 10.3. The molecule has 0 saturated carbocycles. The largest absolute Gasteiger partial charge is 0.288 e. The Morgan fingerprint density at radius 1 is 1.07 bits per heavy atom. The van der Waals surface area contributed by atoms with E-state index in [0.29, 0.717) is 0 Å². The average molecular weight is 423 g/mol. The number of carbonyl (C=O) groups is 1. The lowest BCUT2D eigenvalue weighted by Crippen LogP contribution is -2.68. The van der Waals surface area contributed by atoms with Crippen LogP contribution in [0.2, 0.25) is 0 Å². The molecular weight excluding hydrogens is 404 g/mol. The minimum Gasteiger partial charge on any atom is -0.288 e. The summed E-state index contributed by atoms with van der Waals surface area (Å²) in [5, 5.41) is 1.14. The summed E-state index contributed by atoms with van der Waals surface area (Å²) in [5.41, 5.74) is 2.11. The van der Waals surface area contributed by atoms with Crippen molar-refractivity contribution in [1.29, 1.82) is 0 Å². The maximum Gasteiger partial charge on any atom is 0.264 e. The molecule has 2 aromatic carbocycles. The number of carbonyl (C=O) groups excluding carboxylic acids is 1. The van der Waals surface area contributed by atoms with Crippen LogP contribution in [0.1, 0.15) is 18.9 Å². The van der Waals surface area contributed by atoms with Gasteiger partial charge in [-0.1, -0.05) is 41.7 Å². The number of amides is 1. The van der Waals surface area contributed by atoms with Crippen LogP contribution in [0.4, 0.5) is 5.69 Å². The van der Waals surface area contributed by atoms with E-state index in [1.54, 1.807) is 23.2 Å². The van der Waals surface area contributed by atoms with E-state index < -0.39 is 10.2 Å². The predicted molar refractivity (Wildman–Crippen MR) is 96.3 cm³/mol. The number of para-hydroxylation sites is 2. The second-order valence-electron chi connectivity index (χ2n) is 5.57. The van der Waals surface area contributed by atoms with Gasteiger partial charge in [0.15, 0.2) is 0 Å². The Bertz CT molecular complexity index is 948. The molecule has 0 N–H and O–H groups in total. The summed E-state index contributed by atoms with van der Waals surface area (Å²) >= 11 is 1.74. The molecule has 3 rings (SSSR count). The van der Waals surface area contributed by atoms with Gasteiger partial charge in [-0.3, -0.25) is 9.69 Å². The van der Waals surface area contributed by atoms with Crippen LogP contribution in [-0.2, 0) is 11.3 Å². The molecule has 0 aliphatic heterocycles. The average Bonchev–Trinajstić information content (AvgIpc) is 2.98. The van der Waals surface area contributed by atoms with Crippen molar-refractivity contribution in [2.45, 2.75) is 20.4 Å². The zero-order valence-electron chi connectivity index (χ0n) is 15.3. The van der Waals surface area contributed by atoms with Gasteiger partial charge in [0.05, 0.1) is 0 Å². The van der Waals surface area contributed by atoms with E-state index in [9.17, 15) is 4.79 Å². The molecule has 1 amide bonds. The second-order valence-corrected chi connectivity index (χ2v) is 7.39. The van der Waals surface area contributed by atoms with Gasteiger partial charge in [-0.2, -0.15) is 4.57 Å². The van der Waals surface area contributed by atoms with E-state index in [1.165, 1.54) is 10.2 Å². The molecule has 0 spiro atoms. The van der Waals surface area contributed by atoms with Crippen LogP contribution in [0.15, 0.2) is 60.8 Å². The molecule has 0 bridgehead atoms. The van der Waals surface area contributed by atoms with Gasteiger partial charge < -0.3 is 0 Å². The summed E-state index contributed by atoms with van der Waals surface area (Å²) in [7, 11) is -4.94. The van der Waals surface area contributed by atoms with Crippen LogP contribution < -0.4 is 28.1 Å². The van der Waals surface area contributed by atoms with Gasteiger partial charge in [0.1, 0.15) is 11.2 Å². The van der Waals surface area contributed by atoms with Crippen molar-refractivity contribution in [3.8, 4) is 0 Å². The van der Waals surface area contributed by atoms with Crippen LogP contribution in [0.25, 0.3) is 16.3 Å². The number of fused-ring (bicyclic) bond motifs is 1. The standard InChI is InChI=1S/C19H19N2OS.ClHO4/c1-3-20-17-11-7-8-12-18(17)23-19(20)13-14-21(15(2)22)16-9-5-4-6-10-16;2-1(3,4)5/h4-14H,3H2,1-2H3;(H,2,3,4,5)/q+1;/p-1. The minimum atomic E-state index is -4.94. The van der Waals surface area contributed by atoms with E-state index >= 15 is 0 Å². The molecule has 0 atom stereocenters. The number of thiazole rings is 1. The third-order valence-corrected chi connectivity index (χ3v) is 4.82. The lowest BCUT2D eigenvalue weighted by Gasteiger charge is -2.17. The number of rotatable bonds is 4. The minimum absolute atomic E-state index is 0.00314. The number of aryl methyl sites for hydroxylation is 1. The summed E-state index contributed by atoms with van der Waals surface area (Å²) in [6.07, 6.45) is 3.87. The molecule has 0 saturated heterocycles. The Kier molecular flexibility index (Phi) is 7.64. The summed E-state index contributed by atoms with van der Waals surface area (Å²) < 4.78 is 37.5. The number of halogens is 1. The summed E-state index contributed by atoms with van der Waals surface area (Å²) in [5.74, 6) is -0.00314. The number of benzene rings is 2. The van der Waals surface area contributed by atoms with Crippen LogP contribution in [0.3, 0.4) is 0 Å². The number of hydrogen-bond acceptors (Lipinski definition) is 6. The van der Waals surface area contributed by atoms with Crippen LogP contribution in [-0.4, -0.2) is 5.91 Å². The third-order valence-electron chi connectivity index (χ3n) is 3.69. The van der Waals surface area contributed by atoms with Gasteiger partial charge >= 0.3 is 0 Å². The van der Waals surface area contributed by atoms with E-state index in [4.69, 9.17) is 18.6 Å². The molecule has 0 aliphatic rings. The van der Waals surface area contributed by atoms with Crippen molar-refractivity contribution in [3.05, 3.63) is 65.8 Å². The fourth-order valence-corrected chi connectivity index (χ4v) is 3.72. The van der Waals surface area contributed by atoms with Crippen molar-refractivity contribution in [2.24, 2.45) is 0 Å². The Hall–Kier alpha value is -2.33. The Balaban J connectivity index is 0.000000500. The van der Waals surface area contributed by atoms with E-state index in [0.717, 1.165) is 17.2 Å². The van der Waals surface area contributed by atoms with E-state index in [-0.39, 0.29) is 5.91 Å². The summed E-state index contributed by atoms with van der Waals surface area (Å²) in [6, 6.07) is 18.1. The molecular formula is C19H19ClN2O5S. The van der Waals surface area contributed by atoms with Gasteiger partial charge in [0.25, 0.3) is 5.01 Å². The highest BCUT2D eigenvalue weighted by atomic mass is 35.7. The zero-order valence-corrected chi connectivity index (χ0v) is 16.9. The Morgan fingerprint density at radius 2 is 1.64 bits per heavy atom. The first-order valence-electron chi connectivity index (χ1n) is 8.27. The molecule has 0 unspecified atom stereocenters. The molecule has 9 heteroatoms. The van der Waals surface area contributed by atoms with Crippen molar-refractivity contribution in [3.63, 3.8) is 0 Å². The van der Waals surface area contributed by atoms with Crippen molar-refractivity contribution >= 4 is 39.2 Å². The Labute approximate surface area is 168 Å². The maximum absolute atomic E-state index is 12.0. The van der Waals surface area contributed by atoms with Gasteiger partial charge in [-0.15, -0.1) is 10.2 Å². The molecule has 0 fully saturated rings. The Morgan fingerprint density at radius 3 is 2.21 bits per heavy atom. The first-order chi connectivity index (χ1) is 13.2. The molecule has 3 aromatic rings. The molecule has 28 heavy (non-hydrogen) atoms. The smallest absolute Gasteiger partial charge is 0.264 e. The van der Waals surface area contributed by atoms with Gasteiger partial charge in [0, 0.05) is 31.0 Å². The molecule has 148 valence electrons. The van der Waals surface area contributed by atoms with Crippen LogP contribution in [0.5, 0.6) is 0 Å². The van der Waals surface area contributed by atoms with Crippen molar-refractivity contribution in [1.82, 2.24) is 0 Å². The quantitative estimate of drug-likeness (QED) is 0.524. The first kappa shape index (κ1) is 22.0. The van der Waals surface area contributed by atoms with Gasteiger partial charge in [0.2, 0.25) is 11.4 Å². The highest BCUT2D eigenvalue weighted by Gasteiger charge is 2.17. The molecule has 0 aliphatic carbocycles. The van der Waals surface area contributed by atoms with Crippen molar-refractivity contribution in [2.75, 3.05) is 4.90 Å². The van der Waals surface area contributed by atoms with Gasteiger partial charge in [-0.05, 0) is 25.1 Å². The third kappa shape index (κ3) is 6.38. The highest BCUT2D eigenvalue weighted by molar-refractivity contribution is 7.18. The number of aromatic nitrogens is 1. The number of hydrogen-bond donors (Lipinski definition) is 0. The molecule has 0 radical (unpaired) electrons. The van der Waals surface area contributed by atoms with E-state index in [1.807, 2.05) is 42.6 Å². The normalized spacial score (nSPS) is 11.4. The van der Waals surface area contributed by atoms with E-state index in [2.05, 4.69) is 35.8 Å². The fourth-order valence-electron chi connectivity index (χ4n) is 2.60. The topological polar surface area (TPSA) is 116 Å². The SMILES string of the molecule is CC[n+]1c(C=CN(C(C)=O)c2ccccc2)sc2ccccc21.[O-][Cl+3]([O-])([O-])[O-]. The van der Waals surface area contributed by atoms with Crippen molar-refractivity contribution < 1.29 is 38.2 Å². The van der Waals surface area contributed by atoms with Crippen LogP contribution >= 0.6 is 11.3 Å². The highest BCUT2D eigenvalue weighted by Crippen LogP contribution is 2.22. The monoisotopic (exact) mass is 422 g/mol. The second kappa shape index (κ2) is 9.74. The predicted octanol–water partition coefficient (Wildman–Crippen LogP) is -0.523. The maximum atomic E-state index is 12.0. The summed E-state index contributed by atoms with van der Waals surface area (Å²) in [6.45, 7) is 4.61. The first-order valence-corrected chi connectivity index (χ1v) is 10.3. The zero-order chi connectivity index (χ0) is 20.7. The fraction of sp³-hybridized carbons (Fsp3) is 0.158. The van der Waals surface area contributed by atoms with Gasteiger partial charge in [-0.25, -0.2) is 18.6 Å². The molecule has 7 nitrogen and oxygen atoms in total. The number of nitrogens with zero attached hydrogens (tertiary/aromatic N) is 2. The lowest BCUT2D eigenvalue weighted by molar-refractivity contribution is -2.00. The molecule has 1 heterocycles. The number of anilines is 1.